The molecule has 0 saturated carbocycles. The highest BCUT2D eigenvalue weighted by molar-refractivity contribution is 5.95. The van der Waals surface area contributed by atoms with Crippen molar-refractivity contribution in [3.8, 4) is 0 Å². The van der Waals surface area contributed by atoms with E-state index in [-0.39, 0.29) is 17.4 Å². The highest BCUT2D eigenvalue weighted by Gasteiger charge is 2.26. The van der Waals surface area contributed by atoms with E-state index in [2.05, 4.69) is 9.93 Å². The number of carboxylic acid groups (broad SMARTS) is 1. The second kappa shape index (κ2) is 7.25. The first kappa shape index (κ1) is 17.6. The lowest BCUT2D eigenvalue weighted by Crippen LogP contribution is -2.31. The van der Waals surface area contributed by atoms with Crippen molar-refractivity contribution in [1.82, 2.24) is 0 Å². The van der Waals surface area contributed by atoms with Gasteiger partial charge in [-0.05, 0) is 30.7 Å². The van der Waals surface area contributed by atoms with Gasteiger partial charge in [0.1, 0.15) is 5.60 Å². The van der Waals surface area contributed by atoms with Crippen LogP contribution in [0.4, 0.5) is 0 Å². The van der Waals surface area contributed by atoms with Crippen molar-refractivity contribution in [2.75, 3.05) is 0 Å². The molecule has 0 unspecified atom stereocenters. The minimum absolute atomic E-state index is 0.00143. The van der Waals surface area contributed by atoms with E-state index in [0.29, 0.717) is 0 Å². The van der Waals surface area contributed by atoms with Gasteiger partial charge in [-0.3, -0.25) is 4.89 Å². The molecule has 0 aliphatic heterocycles. The fourth-order valence-corrected chi connectivity index (χ4v) is 0.874. The van der Waals surface area contributed by atoms with Crippen molar-refractivity contribution in [3.63, 3.8) is 0 Å². The van der Waals surface area contributed by atoms with Crippen LogP contribution in [0.15, 0.2) is 11.6 Å². The van der Waals surface area contributed by atoms with Crippen LogP contribution in [0.1, 0.15) is 41.5 Å². The average Bonchev–Trinajstić information content (AvgIpc) is 2.24. The maximum Gasteiger partial charge on any atom is 0.372 e. The molecule has 0 aliphatic carbocycles. The van der Waals surface area contributed by atoms with Gasteiger partial charge in [-0.25, -0.2) is 9.59 Å². The van der Waals surface area contributed by atoms with Gasteiger partial charge in [0.25, 0.3) is 0 Å². The SMILES string of the molecule is CC(C)C(=CC(=O)O)C(=O)OOOC(C)(C)C(C)C. The molecule has 0 aromatic carbocycles. The van der Waals surface area contributed by atoms with Crippen molar-refractivity contribution < 1.29 is 29.5 Å². The summed E-state index contributed by atoms with van der Waals surface area (Å²) in [7, 11) is 0. The third-order valence-corrected chi connectivity index (χ3v) is 2.89. The molecule has 0 bridgehead atoms. The van der Waals surface area contributed by atoms with E-state index in [1.54, 1.807) is 27.7 Å². The number of carbonyl (C=O) groups is 2. The molecular formula is C13H22O6. The fourth-order valence-electron chi connectivity index (χ4n) is 0.874. The van der Waals surface area contributed by atoms with Crippen LogP contribution in [0.5, 0.6) is 0 Å². The largest absolute Gasteiger partial charge is 0.478 e. The first-order valence-corrected chi connectivity index (χ1v) is 6.09. The Balaban J connectivity index is 4.49. The van der Waals surface area contributed by atoms with Crippen LogP contribution < -0.4 is 0 Å². The quantitative estimate of drug-likeness (QED) is 0.436. The number of rotatable bonds is 7. The van der Waals surface area contributed by atoms with E-state index < -0.39 is 17.5 Å². The Morgan fingerprint density at radius 2 is 1.68 bits per heavy atom. The monoisotopic (exact) mass is 274 g/mol. The van der Waals surface area contributed by atoms with Crippen molar-refractivity contribution >= 4 is 11.9 Å². The number of aliphatic carboxylic acids is 1. The Labute approximate surface area is 113 Å². The van der Waals surface area contributed by atoms with Crippen molar-refractivity contribution in [2.45, 2.75) is 47.1 Å². The lowest BCUT2D eigenvalue weighted by atomic mass is 9.95. The van der Waals surface area contributed by atoms with Gasteiger partial charge < -0.3 is 5.11 Å². The minimum atomic E-state index is -1.22. The molecule has 0 aromatic rings. The van der Waals surface area contributed by atoms with Crippen molar-refractivity contribution in [1.29, 1.82) is 0 Å². The maximum atomic E-state index is 11.6. The third kappa shape index (κ3) is 6.35. The lowest BCUT2D eigenvalue weighted by molar-refractivity contribution is -0.519. The van der Waals surface area contributed by atoms with Crippen LogP contribution in [-0.2, 0) is 24.4 Å². The second-order valence-electron chi connectivity index (χ2n) is 5.37. The molecule has 0 aliphatic rings. The number of carbonyl (C=O) groups excluding carboxylic acids is 1. The molecule has 0 spiro atoms. The summed E-state index contributed by atoms with van der Waals surface area (Å²) in [6.07, 6.45) is 0.796. The lowest BCUT2D eigenvalue weighted by Gasteiger charge is -2.26. The summed E-state index contributed by atoms with van der Waals surface area (Å²) >= 11 is 0. The smallest absolute Gasteiger partial charge is 0.372 e. The van der Waals surface area contributed by atoms with E-state index in [0.717, 1.165) is 6.08 Å². The highest BCUT2D eigenvalue weighted by atomic mass is 17.5. The van der Waals surface area contributed by atoms with Gasteiger partial charge in [-0.2, -0.15) is 4.89 Å². The zero-order chi connectivity index (χ0) is 15.2. The minimum Gasteiger partial charge on any atom is -0.478 e. The van der Waals surface area contributed by atoms with Gasteiger partial charge in [0.15, 0.2) is 0 Å². The number of hydrogen-bond acceptors (Lipinski definition) is 5. The summed E-state index contributed by atoms with van der Waals surface area (Å²) in [4.78, 5) is 31.6. The number of carboxylic acids is 1. The van der Waals surface area contributed by atoms with Crippen molar-refractivity contribution in [2.24, 2.45) is 11.8 Å². The van der Waals surface area contributed by atoms with E-state index in [4.69, 9.17) is 9.99 Å². The summed E-state index contributed by atoms with van der Waals surface area (Å²) in [6, 6.07) is 0. The molecule has 1 N–H and O–H groups in total. The van der Waals surface area contributed by atoms with E-state index >= 15 is 0 Å². The van der Waals surface area contributed by atoms with Gasteiger partial charge in [0.2, 0.25) is 0 Å². The van der Waals surface area contributed by atoms with Gasteiger partial charge >= 0.3 is 11.9 Å². The molecular weight excluding hydrogens is 252 g/mol. The Morgan fingerprint density at radius 3 is 2.05 bits per heavy atom. The molecule has 0 heterocycles. The summed E-state index contributed by atoms with van der Waals surface area (Å²) in [5, 5.41) is 13.1. The fraction of sp³-hybridized carbons (Fsp3) is 0.692. The molecule has 0 saturated heterocycles. The normalized spacial score (nSPS) is 12.9. The summed E-state index contributed by atoms with van der Waals surface area (Å²) < 4.78 is 0. The Kier molecular flexibility index (Phi) is 6.72. The van der Waals surface area contributed by atoms with Crippen LogP contribution in [0.3, 0.4) is 0 Å². The Bertz CT molecular complexity index is 354. The van der Waals surface area contributed by atoms with Crippen LogP contribution in [0.2, 0.25) is 0 Å². The molecule has 0 amide bonds. The molecule has 0 fully saturated rings. The van der Waals surface area contributed by atoms with E-state index in [1.165, 1.54) is 0 Å². The van der Waals surface area contributed by atoms with Gasteiger partial charge in [0, 0.05) is 6.08 Å². The predicted octanol–water partition coefficient (Wildman–Crippen LogP) is 2.49. The highest BCUT2D eigenvalue weighted by Crippen LogP contribution is 2.21. The zero-order valence-electron chi connectivity index (χ0n) is 12.2. The summed E-state index contributed by atoms with van der Waals surface area (Å²) in [5.74, 6) is -2.25. The zero-order valence-corrected chi connectivity index (χ0v) is 12.2. The topological polar surface area (TPSA) is 82.1 Å². The third-order valence-electron chi connectivity index (χ3n) is 2.89. The Morgan fingerprint density at radius 1 is 1.16 bits per heavy atom. The van der Waals surface area contributed by atoms with Gasteiger partial charge in [-0.1, -0.05) is 27.7 Å². The molecule has 19 heavy (non-hydrogen) atoms. The van der Waals surface area contributed by atoms with Gasteiger partial charge in [0.05, 0.1) is 5.57 Å². The first-order chi connectivity index (χ1) is 8.58. The van der Waals surface area contributed by atoms with Crippen LogP contribution in [0, 0.1) is 11.8 Å². The molecule has 0 atom stereocenters. The molecule has 0 aromatic heterocycles. The molecule has 0 radical (unpaired) electrons. The average molecular weight is 274 g/mol. The maximum absolute atomic E-state index is 11.6. The van der Waals surface area contributed by atoms with E-state index in [1.807, 2.05) is 13.8 Å². The molecule has 6 heteroatoms. The first-order valence-electron chi connectivity index (χ1n) is 6.09. The van der Waals surface area contributed by atoms with Crippen LogP contribution >= 0.6 is 0 Å². The van der Waals surface area contributed by atoms with Crippen LogP contribution in [-0.4, -0.2) is 22.6 Å². The van der Waals surface area contributed by atoms with E-state index in [9.17, 15) is 9.59 Å². The molecule has 0 rings (SSSR count). The number of hydrogen-bond donors (Lipinski definition) is 1. The summed E-state index contributed by atoms with van der Waals surface area (Å²) in [5.41, 5.74) is -0.632. The second-order valence-corrected chi connectivity index (χ2v) is 5.37. The van der Waals surface area contributed by atoms with Crippen LogP contribution in [0.25, 0.3) is 0 Å². The standard InChI is InChI=1S/C13H22O6/c1-8(2)10(7-11(14)15)12(16)17-19-18-13(5,6)9(3)4/h7-9H,1-6H3,(H,14,15). The summed E-state index contributed by atoms with van der Waals surface area (Å²) in [6.45, 7) is 10.8. The predicted molar refractivity (Wildman–Crippen MR) is 67.7 cm³/mol. The molecule has 110 valence electrons. The Hall–Kier alpha value is -1.40. The van der Waals surface area contributed by atoms with Crippen molar-refractivity contribution in [3.05, 3.63) is 11.6 Å². The molecule has 6 nitrogen and oxygen atoms in total. The van der Waals surface area contributed by atoms with Gasteiger partial charge in [-0.15, -0.1) is 0 Å².